The summed E-state index contributed by atoms with van der Waals surface area (Å²) in [6, 6.07) is 12.2. The molecule has 0 radical (unpaired) electrons. The van der Waals surface area contributed by atoms with Crippen molar-refractivity contribution in [3.05, 3.63) is 69.0 Å². The lowest BCUT2D eigenvalue weighted by Gasteiger charge is -2.15. The standard InChI is InChI=1S/C20H18ClNO5/c1-25-14-6-4-12(5-7-14)11-22-17-10-18(26-2)15(20(24)27-3)8-13(17)9-16(21)19(22)23/h4-10H,11H2,1-3H3. The van der Waals surface area contributed by atoms with Crippen molar-refractivity contribution in [2.24, 2.45) is 0 Å². The second kappa shape index (κ2) is 7.72. The number of ether oxygens (including phenoxy) is 3. The van der Waals surface area contributed by atoms with Crippen molar-refractivity contribution in [2.75, 3.05) is 21.3 Å². The quantitative estimate of drug-likeness (QED) is 0.627. The Hall–Kier alpha value is -2.99. The van der Waals surface area contributed by atoms with Gasteiger partial charge in [0.2, 0.25) is 0 Å². The minimum absolute atomic E-state index is 0.0667. The highest BCUT2D eigenvalue weighted by Gasteiger charge is 2.17. The lowest BCUT2D eigenvalue weighted by Crippen LogP contribution is -2.22. The number of hydrogen-bond donors (Lipinski definition) is 0. The second-order valence-electron chi connectivity index (χ2n) is 5.83. The number of carbonyl (C=O) groups excluding carboxylic acids is 1. The number of nitrogens with zero attached hydrogens (tertiary/aromatic N) is 1. The van der Waals surface area contributed by atoms with Gasteiger partial charge in [-0.1, -0.05) is 23.7 Å². The first-order valence-electron chi connectivity index (χ1n) is 8.10. The number of aromatic nitrogens is 1. The molecule has 0 unspecified atom stereocenters. The third kappa shape index (κ3) is 3.61. The van der Waals surface area contributed by atoms with Crippen LogP contribution in [0.5, 0.6) is 11.5 Å². The van der Waals surface area contributed by atoms with Crippen LogP contribution < -0.4 is 15.0 Å². The molecule has 27 heavy (non-hydrogen) atoms. The molecule has 0 aliphatic rings. The number of pyridine rings is 1. The molecule has 0 aliphatic heterocycles. The van der Waals surface area contributed by atoms with E-state index in [1.165, 1.54) is 20.3 Å². The Labute approximate surface area is 160 Å². The highest BCUT2D eigenvalue weighted by molar-refractivity contribution is 6.31. The zero-order valence-corrected chi connectivity index (χ0v) is 15.9. The van der Waals surface area contributed by atoms with Gasteiger partial charge in [0.25, 0.3) is 5.56 Å². The van der Waals surface area contributed by atoms with Crippen LogP contribution in [-0.2, 0) is 11.3 Å². The summed E-state index contributed by atoms with van der Waals surface area (Å²) < 4.78 is 16.8. The smallest absolute Gasteiger partial charge is 0.341 e. The number of rotatable bonds is 5. The van der Waals surface area contributed by atoms with Gasteiger partial charge < -0.3 is 18.8 Å². The Kier molecular flexibility index (Phi) is 5.37. The Balaban J connectivity index is 2.19. The summed E-state index contributed by atoms with van der Waals surface area (Å²) >= 11 is 6.15. The zero-order valence-electron chi connectivity index (χ0n) is 15.1. The zero-order chi connectivity index (χ0) is 19.6. The molecule has 0 aliphatic carbocycles. The lowest BCUT2D eigenvalue weighted by atomic mass is 10.1. The first-order valence-corrected chi connectivity index (χ1v) is 8.48. The van der Waals surface area contributed by atoms with Crippen LogP contribution in [0.2, 0.25) is 5.02 Å². The van der Waals surface area contributed by atoms with Crippen LogP contribution in [0.25, 0.3) is 10.9 Å². The van der Waals surface area contributed by atoms with Crippen molar-refractivity contribution in [3.63, 3.8) is 0 Å². The number of benzene rings is 2. The number of esters is 1. The molecule has 6 nitrogen and oxygen atoms in total. The number of hydrogen-bond acceptors (Lipinski definition) is 5. The van der Waals surface area contributed by atoms with Gasteiger partial charge >= 0.3 is 5.97 Å². The van der Waals surface area contributed by atoms with E-state index in [9.17, 15) is 9.59 Å². The summed E-state index contributed by atoms with van der Waals surface area (Å²) in [5.41, 5.74) is 1.44. The van der Waals surface area contributed by atoms with E-state index in [-0.39, 0.29) is 16.1 Å². The maximum atomic E-state index is 12.7. The summed E-state index contributed by atoms with van der Waals surface area (Å²) in [6.07, 6.45) is 0. The Morgan fingerprint density at radius 3 is 2.33 bits per heavy atom. The molecule has 1 heterocycles. The van der Waals surface area contributed by atoms with Gasteiger partial charge in [0.15, 0.2) is 0 Å². The number of carbonyl (C=O) groups is 1. The minimum Gasteiger partial charge on any atom is -0.497 e. The number of halogens is 1. The molecule has 3 rings (SSSR count). The molecule has 3 aromatic rings. The van der Waals surface area contributed by atoms with E-state index >= 15 is 0 Å². The van der Waals surface area contributed by atoms with Crippen molar-refractivity contribution in [1.82, 2.24) is 4.57 Å². The summed E-state index contributed by atoms with van der Waals surface area (Å²) in [5, 5.41) is 0.700. The molecule has 0 saturated carbocycles. The Bertz CT molecular complexity index is 1060. The van der Waals surface area contributed by atoms with Gasteiger partial charge in [-0.15, -0.1) is 0 Å². The van der Waals surface area contributed by atoms with E-state index in [0.717, 1.165) is 11.3 Å². The molecule has 140 valence electrons. The van der Waals surface area contributed by atoms with Crippen molar-refractivity contribution in [2.45, 2.75) is 6.54 Å². The number of fused-ring (bicyclic) bond motifs is 1. The summed E-state index contributed by atoms with van der Waals surface area (Å²) in [4.78, 5) is 24.7. The van der Waals surface area contributed by atoms with E-state index in [0.29, 0.717) is 23.2 Å². The lowest BCUT2D eigenvalue weighted by molar-refractivity contribution is 0.0597. The average molecular weight is 388 g/mol. The van der Waals surface area contributed by atoms with Crippen LogP contribution in [0.1, 0.15) is 15.9 Å². The summed E-state index contributed by atoms with van der Waals surface area (Å²) in [7, 11) is 4.34. The molecule has 0 spiro atoms. The highest BCUT2D eigenvalue weighted by atomic mass is 35.5. The molecule has 0 amide bonds. The van der Waals surface area contributed by atoms with Crippen molar-refractivity contribution >= 4 is 28.5 Å². The summed E-state index contributed by atoms with van der Waals surface area (Å²) in [6.45, 7) is 0.306. The molecule has 0 fully saturated rings. The molecule has 1 aromatic heterocycles. The Morgan fingerprint density at radius 1 is 1.04 bits per heavy atom. The second-order valence-corrected chi connectivity index (χ2v) is 6.24. The predicted octanol–water partition coefficient (Wildman–Crippen LogP) is 3.51. The molecule has 7 heteroatoms. The Morgan fingerprint density at radius 2 is 1.74 bits per heavy atom. The molecule has 2 aromatic carbocycles. The van der Waals surface area contributed by atoms with Crippen LogP contribution in [0.4, 0.5) is 0 Å². The monoisotopic (exact) mass is 387 g/mol. The largest absolute Gasteiger partial charge is 0.497 e. The minimum atomic E-state index is -0.530. The van der Waals surface area contributed by atoms with E-state index in [1.54, 1.807) is 23.8 Å². The van der Waals surface area contributed by atoms with Crippen LogP contribution >= 0.6 is 11.6 Å². The maximum Gasteiger partial charge on any atom is 0.341 e. The van der Waals surface area contributed by atoms with Gasteiger partial charge in [0, 0.05) is 11.5 Å². The average Bonchev–Trinajstić information content (AvgIpc) is 2.70. The fourth-order valence-electron chi connectivity index (χ4n) is 2.88. The molecule has 0 atom stereocenters. The third-order valence-electron chi connectivity index (χ3n) is 4.28. The molecular formula is C20H18ClNO5. The fraction of sp³-hybridized carbons (Fsp3) is 0.200. The van der Waals surface area contributed by atoms with Gasteiger partial charge in [-0.2, -0.15) is 0 Å². The highest BCUT2D eigenvalue weighted by Crippen LogP contribution is 2.28. The maximum absolute atomic E-state index is 12.7. The van der Waals surface area contributed by atoms with Crippen LogP contribution in [-0.4, -0.2) is 31.9 Å². The van der Waals surface area contributed by atoms with Gasteiger partial charge in [0.1, 0.15) is 22.1 Å². The topological polar surface area (TPSA) is 66.8 Å². The van der Waals surface area contributed by atoms with Crippen molar-refractivity contribution in [1.29, 1.82) is 0 Å². The first-order chi connectivity index (χ1) is 13.0. The molecule has 0 N–H and O–H groups in total. The van der Waals surface area contributed by atoms with Crippen LogP contribution in [0, 0.1) is 0 Å². The van der Waals surface area contributed by atoms with Crippen LogP contribution in [0.3, 0.4) is 0 Å². The van der Waals surface area contributed by atoms with E-state index in [4.69, 9.17) is 25.8 Å². The van der Waals surface area contributed by atoms with Gasteiger partial charge in [-0.05, 0) is 29.8 Å². The SMILES string of the molecule is COC(=O)c1cc2cc(Cl)c(=O)n(Cc3ccc(OC)cc3)c2cc1OC. The van der Waals surface area contributed by atoms with E-state index in [1.807, 2.05) is 24.3 Å². The predicted molar refractivity (Wildman–Crippen MR) is 103 cm³/mol. The fourth-order valence-corrected chi connectivity index (χ4v) is 3.10. The van der Waals surface area contributed by atoms with Crippen LogP contribution in [0.15, 0.2) is 47.3 Å². The van der Waals surface area contributed by atoms with Gasteiger partial charge in [-0.25, -0.2) is 4.79 Å². The molecule has 0 saturated heterocycles. The number of methoxy groups -OCH3 is 3. The normalized spacial score (nSPS) is 10.7. The first kappa shape index (κ1) is 18.8. The van der Waals surface area contributed by atoms with E-state index in [2.05, 4.69) is 0 Å². The molecule has 0 bridgehead atoms. The molecular weight excluding hydrogens is 370 g/mol. The van der Waals surface area contributed by atoms with Crippen molar-refractivity contribution in [3.8, 4) is 11.5 Å². The van der Waals surface area contributed by atoms with Gasteiger partial charge in [0.05, 0.1) is 33.4 Å². The van der Waals surface area contributed by atoms with E-state index < -0.39 is 5.97 Å². The summed E-state index contributed by atoms with van der Waals surface area (Å²) in [5.74, 6) is 0.517. The van der Waals surface area contributed by atoms with Gasteiger partial charge in [-0.3, -0.25) is 4.79 Å². The van der Waals surface area contributed by atoms with Crippen molar-refractivity contribution < 1.29 is 19.0 Å². The third-order valence-corrected chi connectivity index (χ3v) is 4.55.